The number of benzene rings is 1. The zero-order chi connectivity index (χ0) is 14.8. The van der Waals surface area contributed by atoms with Crippen LogP contribution in [0, 0.1) is 6.92 Å². The molecule has 0 aliphatic carbocycles. The van der Waals surface area contributed by atoms with Crippen molar-refractivity contribution >= 4 is 27.3 Å². The van der Waals surface area contributed by atoms with Crippen molar-refractivity contribution in [2.24, 2.45) is 5.73 Å². The molecule has 0 aliphatic heterocycles. The third-order valence-electron chi connectivity index (χ3n) is 2.65. The van der Waals surface area contributed by atoms with Crippen molar-refractivity contribution in [3.8, 4) is 0 Å². The molecule has 3 N–H and O–H groups in total. The first-order valence-electron chi connectivity index (χ1n) is 5.94. The third kappa shape index (κ3) is 3.30. The van der Waals surface area contributed by atoms with Gasteiger partial charge in [0.2, 0.25) is 0 Å². The molecule has 1 aromatic heterocycles. The highest BCUT2D eigenvalue weighted by Crippen LogP contribution is 2.25. The fraction of sp³-hybridized carbons (Fsp3) is 0.250. The van der Waals surface area contributed by atoms with Crippen LogP contribution in [-0.4, -0.2) is 24.7 Å². The van der Waals surface area contributed by atoms with Crippen LogP contribution in [0.15, 0.2) is 35.5 Å². The molecule has 0 amide bonds. The molecule has 0 saturated heterocycles. The molecule has 1 aromatic carbocycles. The number of aromatic nitrogens is 2. The Morgan fingerprint density at radius 2 is 2.20 bits per heavy atom. The van der Waals surface area contributed by atoms with Crippen molar-refractivity contribution in [2.75, 3.05) is 11.3 Å². The standard InChI is InChI=1S/C12H15ClN4O2S/c1-9-2-3-12(11(13)6-9)16-20(18,19)10-7-15-17(8-10)5-4-14/h2-3,6-8,16H,4-5,14H2,1H3. The molecule has 0 saturated carbocycles. The van der Waals surface area contributed by atoms with Crippen molar-refractivity contribution < 1.29 is 8.42 Å². The van der Waals surface area contributed by atoms with Crippen LogP contribution in [0.25, 0.3) is 0 Å². The zero-order valence-corrected chi connectivity index (χ0v) is 12.4. The lowest BCUT2D eigenvalue weighted by Gasteiger charge is -2.08. The summed E-state index contributed by atoms with van der Waals surface area (Å²) in [6.07, 6.45) is 2.71. The zero-order valence-electron chi connectivity index (χ0n) is 10.9. The van der Waals surface area contributed by atoms with Gasteiger partial charge in [0.15, 0.2) is 0 Å². The molecular weight excluding hydrogens is 300 g/mol. The van der Waals surface area contributed by atoms with E-state index >= 15 is 0 Å². The predicted molar refractivity (Wildman–Crippen MR) is 78.3 cm³/mol. The lowest BCUT2D eigenvalue weighted by Crippen LogP contribution is -2.13. The monoisotopic (exact) mass is 314 g/mol. The van der Waals surface area contributed by atoms with Crippen molar-refractivity contribution in [1.82, 2.24) is 9.78 Å². The minimum absolute atomic E-state index is 0.0718. The molecule has 6 nitrogen and oxygen atoms in total. The molecule has 0 unspecified atom stereocenters. The molecule has 2 aromatic rings. The summed E-state index contributed by atoms with van der Waals surface area (Å²) in [5.41, 5.74) is 6.68. The van der Waals surface area contributed by atoms with Crippen LogP contribution in [0.3, 0.4) is 0 Å². The second-order valence-corrected chi connectivity index (χ2v) is 6.41. The Labute approximate surface area is 122 Å². The first-order chi connectivity index (χ1) is 9.42. The summed E-state index contributed by atoms with van der Waals surface area (Å²) in [5.74, 6) is 0. The molecule has 20 heavy (non-hydrogen) atoms. The summed E-state index contributed by atoms with van der Waals surface area (Å²) in [7, 11) is -3.70. The van der Waals surface area contributed by atoms with E-state index in [9.17, 15) is 8.42 Å². The fourth-order valence-corrected chi connectivity index (χ4v) is 3.01. The number of nitrogens with one attached hydrogen (secondary N) is 1. The van der Waals surface area contributed by atoms with E-state index in [0.29, 0.717) is 23.8 Å². The molecule has 0 aliphatic rings. The number of hydrogen-bond acceptors (Lipinski definition) is 4. The van der Waals surface area contributed by atoms with E-state index < -0.39 is 10.0 Å². The van der Waals surface area contributed by atoms with Gasteiger partial charge in [-0.25, -0.2) is 8.42 Å². The highest BCUT2D eigenvalue weighted by atomic mass is 35.5. The lowest BCUT2D eigenvalue weighted by atomic mass is 10.2. The summed E-state index contributed by atoms with van der Waals surface area (Å²) in [6, 6.07) is 5.10. The van der Waals surface area contributed by atoms with E-state index in [1.54, 1.807) is 18.2 Å². The average molecular weight is 315 g/mol. The van der Waals surface area contributed by atoms with Crippen LogP contribution in [0.4, 0.5) is 5.69 Å². The Bertz CT molecular complexity index is 712. The number of halogens is 1. The quantitative estimate of drug-likeness (QED) is 0.877. The lowest BCUT2D eigenvalue weighted by molar-refractivity contribution is 0.599. The van der Waals surface area contributed by atoms with Crippen LogP contribution < -0.4 is 10.5 Å². The van der Waals surface area contributed by atoms with Gasteiger partial charge in [-0.15, -0.1) is 0 Å². The molecule has 0 spiro atoms. The maximum absolute atomic E-state index is 12.2. The number of sulfonamides is 1. The van der Waals surface area contributed by atoms with Crippen LogP contribution in [0.5, 0.6) is 0 Å². The number of hydrogen-bond donors (Lipinski definition) is 2. The molecule has 0 fully saturated rings. The summed E-state index contributed by atoms with van der Waals surface area (Å²) < 4.78 is 28.3. The predicted octanol–water partition coefficient (Wildman–Crippen LogP) is 1.60. The SMILES string of the molecule is Cc1ccc(NS(=O)(=O)c2cnn(CCN)c2)c(Cl)c1. The van der Waals surface area contributed by atoms with Gasteiger partial charge in [0.05, 0.1) is 23.5 Å². The van der Waals surface area contributed by atoms with Gasteiger partial charge in [-0.2, -0.15) is 5.10 Å². The maximum atomic E-state index is 12.2. The van der Waals surface area contributed by atoms with Gasteiger partial charge in [0.1, 0.15) is 4.90 Å². The van der Waals surface area contributed by atoms with Crippen LogP contribution in [0.1, 0.15) is 5.56 Å². The third-order valence-corrected chi connectivity index (χ3v) is 4.28. The molecule has 8 heteroatoms. The second-order valence-electron chi connectivity index (χ2n) is 4.32. The highest BCUT2D eigenvalue weighted by Gasteiger charge is 2.17. The Kier molecular flexibility index (Phi) is 4.32. The van der Waals surface area contributed by atoms with Crippen molar-refractivity contribution in [3.05, 3.63) is 41.2 Å². The summed E-state index contributed by atoms with van der Waals surface area (Å²) in [6.45, 7) is 2.72. The minimum atomic E-state index is -3.70. The van der Waals surface area contributed by atoms with Gasteiger partial charge in [-0.05, 0) is 24.6 Å². The van der Waals surface area contributed by atoms with Gasteiger partial charge in [0, 0.05) is 12.7 Å². The van der Waals surface area contributed by atoms with Gasteiger partial charge in [-0.3, -0.25) is 9.40 Å². The first-order valence-corrected chi connectivity index (χ1v) is 7.80. The molecule has 1 heterocycles. The van der Waals surface area contributed by atoms with E-state index in [4.69, 9.17) is 17.3 Å². The van der Waals surface area contributed by atoms with E-state index in [-0.39, 0.29) is 4.90 Å². The topological polar surface area (TPSA) is 90.0 Å². The molecule has 0 atom stereocenters. The second kappa shape index (κ2) is 5.82. The number of aryl methyl sites for hydroxylation is 1. The number of nitrogens with two attached hydrogens (primary N) is 1. The Morgan fingerprint density at radius 1 is 1.45 bits per heavy atom. The first kappa shape index (κ1) is 14.8. The van der Waals surface area contributed by atoms with Crippen LogP contribution in [-0.2, 0) is 16.6 Å². The van der Waals surface area contributed by atoms with Crippen LogP contribution in [0.2, 0.25) is 5.02 Å². The van der Waals surface area contributed by atoms with Gasteiger partial charge < -0.3 is 5.73 Å². The van der Waals surface area contributed by atoms with Crippen LogP contribution >= 0.6 is 11.6 Å². The Balaban J connectivity index is 2.26. The highest BCUT2D eigenvalue weighted by molar-refractivity contribution is 7.92. The van der Waals surface area contributed by atoms with E-state index in [0.717, 1.165) is 5.56 Å². The maximum Gasteiger partial charge on any atom is 0.265 e. The molecule has 0 radical (unpaired) electrons. The summed E-state index contributed by atoms with van der Waals surface area (Å²) >= 11 is 6.01. The summed E-state index contributed by atoms with van der Waals surface area (Å²) in [5, 5.41) is 4.28. The largest absolute Gasteiger partial charge is 0.329 e. The van der Waals surface area contributed by atoms with Crippen molar-refractivity contribution in [1.29, 1.82) is 0 Å². The number of rotatable bonds is 5. The van der Waals surface area contributed by atoms with Crippen molar-refractivity contribution in [2.45, 2.75) is 18.4 Å². The van der Waals surface area contributed by atoms with Gasteiger partial charge in [-0.1, -0.05) is 17.7 Å². The van der Waals surface area contributed by atoms with E-state index in [1.165, 1.54) is 17.1 Å². The summed E-state index contributed by atoms with van der Waals surface area (Å²) in [4.78, 5) is 0.0718. The molecular formula is C12H15ClN4O2S. The van der Waals surface area contributed by atoms with E-state index in [2.05, 4.69) is 9.82 Å². The number of anilines is 1. The minimum Gasteiger partial charge on any atom is -0.329 e. The fourth-order valence-electron chi connectivity index (χ4n) is 1.64. The normalized spacial score (nSPS) is 11.6. The molecule has 0 bridgehead atoms. The smallest absolute Gasteiger partial charge is 0.265 e. The molecule has 2 rings (SSSR count). The average Bonchev–Trinajstić information content (AvgIpc) is 2.83. The van der Waals surface area contributed by atoms with Gasteiger partial charge in [0.25, 0.3) is 10.0 Å². The molecule has 108 valence electrons. The Morgan fingerprint density at radius 3 is 2.85 bits per heavy atom. The van der Waals surface area contributed by atoms with Gasteiger partial charge >= 0.3 is 0 Å². The van der Waals surface area contributed by atoms with E-state index in [1.807, 2.05) is 6.92 Å². The number of nitrogens with zero attached hydrogens (tertiary/aromatic N) is 2. The van der Waals surface area contributed by atoms with Crippen molar-refractivity contribution in [3.63, 3.8) is 0 Å². The Hall–Kier alpha value is -1.57.